The molecule has 14 heavy (non-hydrogen) atoms. The topological polar surface area (TPSA) is 12.0 Å². The van der Waals surface area contributed by atoms with Gasteiger partial charge in [0, 0.05) is 6.04 Å². The van der Waals surface area contributed by atoms with Crippen LogP contribution in [0.4, 0.5) is 0 Å². The summed E-state index contributed by atoms with van der Waals surface area (Å²) in [6, 6.07) is 9.39. The largest absolute Gasteiger partial charge is 0.313 e. The first-order valence-electron chi connectivity index (χ1n) is 5.46. The van der Waals surface area contributed by atoms with Gasteiger partial charge in [-0.2, -0.15) is 0 Å². The van der Waals surface area contributed by atoms with Crippen molar-refractivity contribution in [3.05, 3.63) is 35.4 Å². The molecule has 0 aliphatic carbocycles. The lowest BCUT2D eigenvalue weighted by Crippen LogP contribution is -2.12. The summed E-state index contributed by atoms with van der Waals surface area (Å²) in [6.45, 7) is 6.68. The zero-order valence-corrected chi connectivity index (χ0v) is 9.67. The van der Waals surface area contributed by atoms with Crippen LogP contribution in [0, 0.1) is 0 Å². The molecule has 0 fully saturated rings. The van der Waals surface area contributed by atoms with Gasteiger partial charge in [0.05, 0.1) is 0 Å². The van der Waals surface area contributed by atoms with Crippen LogP contribution in [0.15, 0.2) is 24.3 Å². The highest BCUT2D eigenvalue weighted by Crippen LogP contribution is 2.20. The lowest BCUT2D eigenvalue weighted by molar-refractivity contribution is 0.650. The van der Waals surface area contributed by atoms with E-state index < -0.39 is 0 Å². The Morgan fingerprint density at radius 1 is 1.07 bits per heavy atom. The van der Waals surface area contributed by atoms with Crippen LogP contribution in [0.1, 0.15) is 50.3 Å². The van der Waals surface area contributed by atoms with Crippen LogP contribution in [-0.4, -0.2) is 7.05 Å². The Bertz CT molecular complexity index is 234. The summed E-state index contributed by atoms with van der Waals surface area (Å²) in [5.74, 6) is 0.675. The lowest BCUT2D eigenvalue weighted by atomic mass is 9.96. The summed E-state index contributed by atoms with van der Waals surface area (Å²) >= 11 is 0. The molecule has 1 heteroatoms. The number of benzene rings is 1. The molecule has 1 aromatic carbocycles. The Kier molecular flexibility index (Phi) is 4.15. The molecule has 0 radical (unpaired) electrons. The second kappa shape index (κ2) is 5.16. The molecular formula is C13H21N. The zero-order valence-electron chi connectivity index (χ0n) is 9.67. The molecule has 78 valence electrons. The summed E-state index contributed by atoms with van der Waals surface area (Å²) in [5.41, 5.74) is 2.80. The van der Waals surface area contributed by atoms with Gasteiger partial charge in [-0.15, -0.1) is 0 Å². The fraction of sp³-hybridized carbons (Fsp3) is 0.538. The molecule has 0 saturated heterocycles. The second-order valence-corrected chi connectivity index (χ2v) is 3.99. The third-order valence-electron chi connectivity index (χ3n) is 3.05. The number of nitrogens with one attached hydrogen (secondary N) is 1. The van der Waals surface area contributed by atoms with Crippen LogP contribution in [0.3, 0.4) is 0 Å². The van der Waals surface area contributed by atoms with Crippen molar-refractivity contribution in [1.82, 2.24) is 5.32 Å². The highest BCUT2D eigenvalue weighted by atomic mass is 14.8. The van der Waals surface area contributed by atoms with Gasteiger partial charge in [-0.1, -0.05) is 38.1 Å². The van der Waals surface area contributed by atoms with Crippen LogP contribution in [0.2, 0.25) is 0 Å². The van der Waals surface area contributed by atoms with E-state index in [1.807, 2.05) is 7.05 Å². The van der Waals surface area contributed by atoms with Gasteiger partial charge in [0.1, 0.15) is 0 Å². The second-order valence-electron chi connectivity index (χ2n) is 3.99. The molecule has 2 unspecified atom stereocenters. The minimum atomic E-state index is 0.445. The van der Waals surface area contributed by atoms with Crippen LogP contribution in [0.25, 0.3) is 0 Å². The minimum Gasteiger partial charge on any atom is -0.313 e. The van der Waals surface area contributed by atoms with E-state index in [1.54, 1.807) is 0 Å². The number of hydrogen-bond donors (Lipinski definition) is 1. The molecule has 0 aliphatic rings. The fourth-order valence-electron chi connectivity index (χ4n) is 1.52. The van der Waals surface area contributed by atoms with E-state index in [0.29, 0.717) is 12.0 Å². The van der Waals surface area contributed by atoms with Gasteiger partial charge < -0.3 is 5.32 Å². The lowest BCUT2D eigenvalue weighted by Gasteiger charge is -2.13. The van der Waals surface area contributed by atoms with Crippen LogP contribution in [0.5, 0.6) is 0 Å². The molecule has 2 atom stereocenters. The van der Waals surface area contributed by atoms with Crippen molar-refractivity contribution >= 4 is 0 Å². The maximum atomic E-state index is 3.24. The quantitative estimate of drug-likeness (QED) is 0.768. The SMILES string of the molecule is CCC(C)c1ccc(C(C)NC)cc1. The normalized spacial score (nSPS) is 15.1. The summed E-state index contributed by atoms with van der Waals surface area (Å²) < 4.78 is 0. The van der Waals surface area contributed by atoms with E-state index >= 15 is 0 Å². The molecule has 0 aromatic heterocycles. The van der Waals surface area contributed by atoms with Gasteiger partial charge >= 0.3 is 0 Å². The van der Waals surface area contributed by atoms with E-state index in [1.165, 1.54) is 17.5 Å². The molecule has 0 saturated carbocycles. The average molecular weight is 191 g/mol. The van der Waals surface area contributed by atoms with Crippen LogP contribution in [-0.2, 0) is 0 Å². The molecule has 0 heterocycles. The number of rotatable bonds is 4. The zero-order chi connectivity index (χ0) is 10.6. The Hall–Kier alpha value is -0.820. The Morgan fingerprint density at radius 3 is 2.00 bits per heavy atom. The van der Waals surface area contributed by atoms with E-state index in [2.05, 4.69) is 50.4 Å². The maximum Gasteiger partial charge on any atom is 0.0289 e. The van der Waals surface area contributed by atoms with Gasteiger partial charge in [0.25, 0.3) is 0 Å². The fourth-order valence-corrected chi connectivity index (χ4v) is 1.52. The first-order valence-corrected chi connectivity index (χ1v) is 5.46. The average Bonchev–Trinajstić information content (AvgIpc) is 2.27. The Balaban J connectivity index is 2.78. The Labute approximate surface area is 87.5 Å². The Morgan fingerprint density at radius 2 is 1.57 bits per heavy atom. The van der Waals surface area contributed by atoms with Crippen molar-refractivity contribution in [3.8, 4) is 0 Å². The van der Waals surface area contributed by atoms with Gasteiger partial charge in [0.2, 0.25) is 0 Å². The van der Waals surface area contributed by atoms with Crippen molar-refractivity contribution in [2.75, 3.05) is 7.05 Å². The molecule has 1 rings (SSSR count). The van der Waals surface area contributed by atoms with E-state index in [4.69, 9.17) is 0 Å². The smallest absolute Gasteiger partial charge is 0.0289 e. The van der Waals surface area contributed by atoms with Gasteiger partial charge in [0.15, 0.2) is 0 Å². The standard InChI is InChI=1S/C13H21N/c1-5-10(2)12-6-8-13(9-7-12)11(3)14-4/h6-11,14H,5H2,1-4H3. The predicted octanol–water partition coefficient (Wildman–Crippen LogP) is 3.48. The van der Waals surface area contributed by atoms with Crippen molar-refractivity contribution in [1.29, 1.82) is 0 Å². The van der Waals surface area contributed by atoms with Crippen LogP contribution >= 0.6 is 0 Å². The van der Waals surface area contributed by atoms with Gasteiger partial charge in [-0.3, -0.25) is 0 Å². The molecule has 0 amide bonds. The molecule has 1 aromatic rings. The van der Waals surface area contributed by atoms with Crippen molar-refractivity contribution in [2.24, 2.45) is 0 Å². The maximum absolute atomic E-state index is 3.24. The first-order chi connectivity index (χ1) is 6.69. The summed E-state index contributed by atoms with van der Waals surface area (Å²) in [7, 11) is 1.99. The highest BCUT2D eigenvalue weighted by Gasteiger charge is 2.04. The minimum absolute atomic E-state index is 0.445. The van der Waals surface area contributed by atoms with Crippen molar-refractivity contribution in [2.45, 2.75) is 39.2 Å². The van der Waals surface area contributed by atoms with Gasteiger partial charge in [-0.05, 0) is 37.4 Å². The third kappa shape index (κ3) is 2.58. The van der Waals surface area contributed by atoms with Gasteiger partial charge in [-0.25, -0.2) is 0 Å². The molecule has 1 N–H and O–H groups in total. The first kappa shape index (κ1) is 11.3. The van der Waals surface area contributed by atoms with E-state index in [9.17, 15) is 0 Å². The third-order valence-corrected chi connectivity index (χ3v) is 3.05. The number of hydrogen-bond acceptors (Lipinski definition) is 1. The monoisotopic (exact) mass is 191 g/mol. The van der Waals surface area contributed by atoms with Crippen molar-refractivity contribution < 1.29 is 0 Å². The molecule has 1 nitrogen and oxygen atoms in total. The predicted molar refractivity (Wildman–Crippen MR) is 62.6 cm³/mol. The molecule has 0 aliphatic heterocycles. The molecule has 0 bridgehead atoms. The van der Waals surface area contributed by atoms with E-state index in [0.717, 1.165) is 0 Å². The van der Waals surface area contributed by atoms with Crippen molar-refractivity contribution in [3.63, 3.8) is 0 Å². The highest BCUT2D eigenvalue weighted by molar-refractivity contribution is 5.26. The summed E-state index contributed by atoms with van der Waals surface area (Å²) in [6.07, 6.45) is 1.21. The van der Waals surface area contributed by atoms with Crippen LogP contribution < -0.4 is 5.32 Å². The summed E-state index contributed by atoms with van der Waals surface area (Å²) in [4.78, 5) is 0. The molecular weight excluding hydrogens is 170 g/mol. The summed E-state index contributed by atoms with van der Waals surface area (Å²) in [5, 5.41) is 3.24. The molecule has 0 spiro atoms. The van der Waals surface area contributed by atoms with E-state index in [-0.39, 0.29) is 0 Å².